The van der Waals surface area contributed by atoms with Crippen molar-refractivity contribution in [3.63, 3.8) is 0 Å². The molecule has 1 N–H and O–H groups in total. The summed E-state index contributed by atoms with van der Waals surface area (Å²) < 4.78 is 14.4. The van der Waals surface area contributed by atoms with E-state index in [1.165, 1.54) is 24.3 Å². The van der Waals surface area contributed by atoms with Gasteiger partial charge in [0.15, 0.2) is 11.5 Å². The van der Waals surface area contributed by atoms with Gasteiger partial charge in [0.2, 0.25) is 0 Å². The van der Waals surface area contributed by atoms with Gasteiger partial charge >= 0.3 is 5.97 Å². The fourth-order valence-corrected chi connectivity index (χ4v) is 5.87. The Balaban J connectivity index is 1.47. The van der Waals surface area contributed by atoms with Gasteiger partial charge < -0.3 is 14.6 Å². The third-order valence-corrected chi connectivity index (χ3v) is 8.02. The summed E-state index contributed by atoms with van der Waals surface area (Å²) in [5.41, 5.74) is 2.05. The van der Waals surface area contributed by atoms with E-state index in [1.54, 1.807) is 36.5 Å². The minimum absolute atomic E-state index is 0.155. The number of methoxy groups -OCH3 is 1. The first-order chi connectivity index (χ1) is 19.3. The lowest BCUT2D eigenvalue weighted by atomic mass is 9.88. The molecule has 10 heteroatoms. The van der Waals surface area contributed by atoms with Gasteiger partial charge in [-0.1, -0.05) is 47.3 Å². The van der Waals surface area contributed by atoms with Crippen LogP contribution in [0.2, 0.25) is 0 Å². The minimum atomic E-state index is -0.996. The zero-order valence-electron chi connectivity index (χ0n) is 21.8. The monoisotopic (exact) mass is 667 g/mol. The second-order valence-corrected chi connectivity index (χ2v) is 11.4. The summed E-state index contributed by atoms with van der Waals surface area (Å²) in [6, 6.07) is 15.7. The number of carboxylic acids is 1. The van der Waals surface area contributed by atoms with Crippen molar-refractivity contribution < 1.29 is 19.4 Å². The highest BCUT2D eigenvalue weighted by molar-refractivity contribution is 9.10. The van der Waals surface area contributed by atoms with E-state index >= 15 is 0 Å². The van der Waals surface area contributed by atoms with Crippen LogP contribution in [0.25, 0.3) is 10.9 Å². The number of hydrogen-bond acceptors (Lipinski definition) is 6. The zero-order chi connectivity index (χ0) is 28.2. The maximum atomic E-state index is 13.6. The molecule has 3 aromatic carbocycles. The first-order valence-corrected chi connectivity index (χ1v) is 14.5. The topological polar surface area (TPSA) is 103 Å². The van der Waals surface area contributed by atoms with Crippen LogP contribution in [-0.4, -0.2) is 34.1 Å². The van der Waals surface area contributed by atoms with E-state index in [4.69, 9.17) is 14.5 Å². The van der Waals surface area contributed by atoms with Crippen LogP contribution in [0, 0.1) is 0 Å². The van der Waals surface area contributed by atoms with Gasteiger partial charge in [-0.15, -0.1) is 0 Å². The molecule has 206 valence electrons. The van der Waals surface area contributed by atoms with Gasteiger partial charge in [0.05, 0.1) is 34.3 Å². The van der Waals surface area contributed by atoms with Gasteiger partial charge in [0, 0.05) is 10.4 Å². The van der Waals surface area contributed by atoms with Crippen molar-refractivity contribution in [2.24, 2.45) is 5.10 Å². The van der Waals surface area contributed by atoms with Crippen LogP contribution >= 0.6 is 31.9 Å². The van der Waals surface area contributed by atoms with Crippen molar-refractivity contribution in [2.45, 2.75) is 44.6 Å². The Morgan fingerprint density at radius 3 is 2.67 bits per heavy atom. The Morgan fingerprint density at radius 1 is 1.12 bits per heavy atom. The van der Waals surface area contributed by atoms with Crippen LogP contribution in [0.5, 0.6) is 11.5 Å². The lowest BCUT2D eigenvalue weighted by Crippen LogP contribution is -2.25. The van der Waals surface area contributed by atoms with Gasteiger partial charge in [-0.3, -0.25) is 4.79 Å². The van der Waals surface area contributed by atoms with Gasteiger partial charge in [0.1, 0.15) is 12.4 Å². The fourth-order valence-electron chi connectivity index (χ4n) is 4.93. The van der Waals surface area contributed by atoms with Crippen molar-refractivity contribution in [1.82, 2.24) is 9.66 Å². The van der Waals surface area contributed by atoms with E-state index in [0.717, 1.165) is 30.2 Å². The number of rotatable bonds is 8. The smallest absolute Gasteiger partial charge is 0.335 e. The van der Waals surface area contributed by atoms with Crippen molar-refractivity contribution in [2.75, 3.05) is 7.11 Å². The van der Waals surface area contributed by atoms with Crippen molar-refractivity contribution in [1.29, 1.82) is 0 Å². The summed E-state index contributed by atoms with van der Waals surface area (Å²) in [6.45, 7) is 0.155. The summed E-state index contributed by atoms with van der Waals surface area (Å²) >= 11 is 7.02. The average Bonchev–Trinajstić information content (AvgIpc) is 2.96. The Kier molecular flexibility index (Phi) is 8.66. The molecule has 1 saturated carbocycles. The summed E-state index contributed by atoms with van der Waals surface area (Å²) in [7, 11) is 1.54. The van der Waals surface area contributed by atoms with E-state index in [2.05, 4.69) is 37.0 Å². The predicted octanol–water partition coefficient (Wildman–Crippen LogP) is 7.14. The van der Waals surface area contributed by atoms with Crippen LogP contribution in [0.1, 0.15) is 65.3 Å². The molecule has 0 radical (unpaired) electrons. The largest absolute Gasteiger partial charge is 0.493 e. The predicted molar refractivity (Wildman–Crippen MR) is 161 cm³/mol. The Morgan fingerprint density at radius 2 is 1.93 bits per heavy atom. The normalized spacial score (nSPS) is 14.1. The molecule has 1 fully saturated rings. The zero-order valence-corrected chi connectivity index (χ0v) is 24.9. The molecule has 0 saturated heterocycles. The molecule has 1 aliphatic carbocycles. The molecular formula is C30H27Br2N3O5. The highest BCUT2D eigenvalue weighted by Gasteiger charge is 2.22. The number of carboxylic acid groups (broad SMARTS) is 1. The number of aromatic nitrogens is 2. The van der Waals surface area contributed by atoms with Gasteiger partial charge in [-0.2, -0.15) is 9.78 Å². The van der Waals surface area contributed by atoms with Crippen molar-refractivity contribution in [3.8, 4) is 11.5 Å². The summed E-state index contributed by atoms with van der Waals surface area (Å²) in [6.07, 6.45) is 6.98. The Hall–Kier alpha value is -3.50. The molecule has 0 bridgehead atoms. The van der Waals surface area contributed by atoms with Crippen molar-refractivity contribution in [3.05, 3.63) is 96.4 Å². The number of carbonyl (C=O) groups is 1. The third-order valence-electron chi connectivity index (χ3n) is 6.93. The van der Waals surface area contributed by atoms with E-state index in [9.17, 15) is 14.7 Å². The lowest BCUT2D eigenvalue weighted by molar-refractivity contribution is 0.0696. The molecule has 8 nitrogen and oxygen atoms in total. The SMILES string of the molecule is COc1cc(C=Nn2c(C3CCCCC3)nc3ccc(Br)cc3c2=O)cc(Br)c1OCc1cccc(C(=O)O)c1. The highest BCUT2D eigenvalue weighted by atomic mass is 79.9. The maximum Gasteiger partial charge on any atom is 0.335 e. The molecule has 1 heterocycles. The van der Waals surface area contributed by atoms with Gasteiger partial charge in [0.25, 0.3) is 5.56 Å². The summed E-state index contributed by atoms with van der Waals surface area (Å²) in [4.78, 5) is 29.8. The number of nitrogens with zero attached hydrogens (tertiary/aromatic N) is 3. The first kappa shape index (κ1) is 28.0. The number of fused-ring (bicyclic) bond motifs is 1. The quantitative estimate of drug-likeness (QED) is 0.200. The molecule has 0 aliphatic heterocycles. The van der Waals surface area contributed by atoms with Crippen LogP contribution in [-0.2, 0) is 6.61 Å². The maximum absolute atomic E-state index is 13.6. The summed E-state index contributed by atoms with van der Waals surface area (Å²) in [5.74, 6) is 0.793. The Bertz CT molecular complexity index is 1660. The molecule has 0 amide bonds. The molecule has 4 aromatic rings. The van der Waals surface area contributed by atoms with Crippen LogP contribution in [0.4, 0.5) is 0 Å². The Labute approximate surface area is 247 Å². The molecule has 1 aromatic heterocycles. The first-order valence-electron chi connectivity index (χ1n) is 12.9. The highest BCUT2D eigenvalue weighted by Crippen LogP contribution is 2.37. The van der Waals surface area contributed by atoms with Gasteiger partial charge in [-0.05, 0) is 82.4 Å². The van der Waals surface area contributed by atoms with Crippen LogP contribution in [0.15, 0.2) is 73.4 Å². The number of hydrogen-bond donors (Lipinski definition) is 1. The van der Waals surface area contributed by atoms with Crippen LogP contribution < -0.4 is 15.0 Å². The van der Waals surface area contributed by atoms with E-state index in [-0.39, 0.29) is 23.6 Å². The average molecular weight is 669 g/mol. The van der Waals surface area contributed by atoms with Crippen molar-refractivity contribution >= 4 is 54.9 Å². The van der Waals surface area contributed by atoms with Crippen LogP contribution in [0.3, 0.4) is 0 Å². The molecule has 0 unspecified atom stereocenters. The van der Waals surface area contributed by atoms with E-state index in [1.807, 2.05) is 18.2 Å². The molecule has 0 atom stereocenters. The second kappa shape index (κ2) is 12.3. The number of ether oxygens (including phenoxy) is 2. The third kappa shape index (κ3) is 6.13. The second-order valence-electron chi connectivity index (χ2n) is 9.66. The molecule has 1 aliphatic rings. The van der Waals surface area contributed by atoms with E-state index < -0.39 is 5.97 Å². The minimum Gasteiger partial charge on any atom is -0.493 e. The van der Waals surface area contributed by atoms with Gasteiger partial charge in [-0.25, -0.2) is 9.78 Å². The van der Waals surface area contributed by atoms with E-state index in [0.29, 0.717) is 43.8 Å². The lowest BCUT2D eigenvalue weighted by Gasteiger charge is -2.22. The standard InChI is InChI=1S/C30H27Br2N3O5/c1-39-26-14-19(13-24(32)27(26)40-17-18-6-5-9-21(12-18)30(37)38)16-33-35-28(20-7-3-2-4-8-20)34-25-11-10-22(31)15-23(25)29(35)36/h5-6,9-16,20H,2-4,7-8,17H2,1H3,(H,37,38). The molecule has 5 rings (SSSR count). The number of aromatic carboxylic acids is 1. The fraction of sp³-hybridized carbons (Fsp3) is 0.267. The number of benzene rings is 3. The summed E-state index contributed by atoms with van der Waals surface area (Å²) in [5, 5.41) is 14.4. The molecule has 0 spiro atoms. The number of halogens is 2. The molecular weight excluding hydrogens is 642 g/mol. The molecule has 40 heavy (non-hydrogen) atoms.